The number of methoxy groups -OCH3 is 1. The van der Waals surface area contributed by atoms with Gasteiger partial charge in [0.05, 0.1) is 23.1 Å². The highest BCUT2D eigenvalue weighted by molar-refractivity contribution is 7.92. The number of hydrogen-bond donors (Lipinski definition) is 1. The Morgan fingerprint density at radius 3 is 2.38 bits per heavy atom. The van der Waals surface area contributed by atoms with Crippen LogP contribution >= 0.6 is 0 Å². The van der Waals surface area contributed by atoms with Gasteiger partial charge in [-0.3, -0.25) is 14.8 Å². The third-order valence-corrected chi connectivity index (χ3v) is 4.34. The fourth-order valence-corrected chi connectivity index (χ4v) is 2.86. The van der Waals surface area contributed by atoms with E-state index in [-0.39, 0.29) is 22.3 Å². The Labute approximate surface area is 138 Å². The number of non-ortho nitro benzene ring substituents is 1. The average molecular weight is 353 g/mol. The van der Waals surface area contributed by atoms with Crippen LogP contribution in [-0.4, -0.2) is 44.5 Å². The Kier molecular flexibility index (Phi) is 4.83. The number of benzene rings is 1. The Balaban J connectivity index is 2.37. The van der Waals surface area contributed by atoms with Crippen LogP contribution in [0.15, 0.2) is 35.4 Å². The molecule has 0 saturated heterocycles. The van der Waals surface area contributed by atoms with E-state index in [1.807, 2.05) is 0 Å². The van der Waals surface area contributed by atoms with Crippen LogP contribution in [0.1, 0.15) is 0 Å². The van der Waals surface area contributed by atoms with Crippen molar-refractivity contribution in [2.75, 3.05) is 30.8 Å². The number of anilines is 2. The van der Waals surface area contributed by atoms with Crippen LogP contribution < -0.4 is 14.4 Å². The summed E-state index contributed by atoms with van der Waals surface area (Å²) in [6.45, 7) is 0. The van der Waals surface area contributed by atoms with Crippen LogP contribution in [-0.2, 0) is 10.0 Å². The first-order chi connectivity index (χ1) is 11.2. The fraction of sp³-hybridized carbons (Fsp3) is 0.231. The molecular weight excluding hydrogens is 338 g/mol. The minimum Gasteiger partial charge on any atom is -0.467 e. The van der Waals surface area contributed by atoms with Gasteiger partial charge in [-0.25, -0.2) is 13.4 Å². The predicted molar refractivity (Wildman–Crippen MR) is 86.8 cm³/mol. The zero-order chi connectivity index (χ0) is 17.9. The minimum absolute atomic E-state index is 0.0944. The van der Waals surface area contributed by atoms with Gasteiger partial charge >= 0.3 is 6.01 Å². The Morgan fingerprint density at radius 1 is 1.25 bits per heavy atom. The first kappa shape index (κ1) is 17.4. The molecule has 1 heterocycles. The van der Waals surface area contributed by atoms with Gasteiger partial charge in [-0.15, -0.1) is 0 Å². The molecule has 2 aromatic rings. The average Bonchev–Trinajstić information content (AvgIpc) is 2.54. The molecule has 0 aliphatic heterocycles. The summed E-state index contributed by atoms with van der Waals surface area (Å²) in [6, 6.07) is 4.63. The molecular formula is C13H15N5O5S. The normalized spacial score (nSPS) is 11.0. The standard InChI is InChI=1S/C13H15N5O5S/c1-17(2)12-11(8-14-13(15-12)23-3)16-24(21,22)10-6-4-9(5-7-10)18(19)20/h4-8,16H,1-3H3. The number of nitrogens with zero attached hydrogens (tertiary/aromatic N) is 4. The lowest BCUT2D eigenvalue weighted by atomic mass is 10.3. The number of nitrogens with one attached hydrogen (secondary N) is 1. The van der Waals surface area contributed by atoms with Crippen molar-refractivity contribution >= 4 is 27.2 Å². The quantitative estimate of drug-likeness (QED) is 0.607. The molecule has 24 heavy (non-hydrogen) atoms. The van der Waals surface area contributed by atoms with Gasteiger partial charge in [0, 0.05) is 26.2 Å². The molecule has 0 bridgehead atoms. The van der Waals surface area contributed by atoms with E-state index in [1.54, 1.807) is 19.0 Å². The molecule has 0 atom stereocenters. The maximum absolute atomic E-state index is 12.4. The summed E-state index contributed by atoms with van der Waals surface area (Å²) in [5.74, 6) is 0.312. The van der Waals surface area contributed by atoms with Gasteiger partial charge in [0.25, 0.3) is 15.7 Å². The molecule has 0 amide bonds. The molecule has 0 aliphatic carbocycles. The van der Waals surface area contributed by atoms with E-state index < -0.39 is 14.9 Å². The van der Waals surface area contributed by atoms with Gasteiger partial charge < -0.3 is 9.64 Å². The second kappa shape index (κ2) is 6.66. The van der Waals surface area contributed by atoms with Crippen molar-refractivity contribution in [1.82, 2.24) is 9.97 Å². The topological polar surface area (TPSA) is 128 Å². The Bertz CT molecular complexity index is 852. The summed E-state index contributed by atoms with van der Waals surface area (Å²) >= 11 is 0. The highest BCUT2D eigenvalue weighted by Gasteiger charge is 2.19. The van der Waals surface area contributed by atoms with Gasteiger partial charge in [0.2, 0.25) is 0 Å². The van der Waals surface area contributed by atoms with Crippen molar-refractivity contribution < 1.29 is 18.1 Å². The lowest BCUT2D eigenvalue weighted by molar-refractivity contribution is -0.384. The number of nitro benzene ring substituents is 1. The minimum atomic E-state index is -3.95. The molecule has 10 nitrogen and oxygen atoms in total. The summed E-state index contributed by atoms with van der Waals surface area (Å²) in [7, 11) is 0.819. The van der Waals surface area contributed by atoms with Crippen molar-refractivity contribution in [1.29, 1.82) is 0 Å². The Morgan fingerprint density at radius 2 is 1.88 bits per heavy atom. The van der Waals surface area contributed by atoms with E-state index in [4.69, 9.17) is 4.74 Å². The molecule has 0 saturated carbocycles. The summed E-state index contributed by atoms with van der Waals surface area (Å²) in [5.41, 5.74) is -0.0464. The third-order valence-electron chi connectivity index (χ3n) is 2.95. The molecule has 0 spiro atoms. The summed E-state index contributed by atoms with van der Waals surface area (Å²) in [6.07, 6.45) is 1.28. The van der Waals surface area contributed by atoms with Crippen molar-refractivity contribution in [3.8, 4) is 6.01 Å². The number of rotatable bonds is 6. The second-order valence-corrected chi connectivity index (χ2v) is 6.53. The highest BCUT2D eigenvalue weighted by Crippen LogP contribution is 2.26. The van der Waals surface area contributed by atoms with Gasteiger partial charge in [-0.2, -0.15) is 4.98 Å². The number of sulfonamides is 1. The van der Waals surface area contributed by atoms with Crippen LogP contribution in [0.5, 0.6) is 6.01 Å². The van der Waals surface area contributed by atoms with E-state index in [2.05, 4.69) is 14.7 Å². The van der Waals surface area contributed by atoms with Gasteiger partial charge in [-0.05, 0) is 12.1 Å². The largest absolute Gasteiger partial charge is 0.467 e. The van der Waals surface area contributed by atoms with Crippen molar-refractivity contribution in [3.05, 3.63) is 40.6 Å². The molecule has 0 radical (unpaired) electrons. The van der Waals surface area contributed by atoms with E-state index in [0.29, 0.717) is 5.82 Å². The third kappa shape index (κ3) is 3.68. The monoisotopic (exact) mass is 353 g/mol. The van der Waals surface area contributed by atoms with Crippen LogP contribution in [0.25, 0.3) is 0 Å². The Hall–Kier alpha value is -2.95. The predicted octanol–water partition coefficient (Wildman–Crippen LogP) is 1.26. The molecule has 1 aromatic carbocycles. The van der Waals surface area contributed by atoms with Crippen molar-refractivity contribution in [3.63, 3.8) is 0 Å². The molecule has 1 aromatic heterocycles. The first-order valence-electron chi connectivity index (χ1n) is 6.60. The van der Waals surface area contributed by atoms with E-state index in [0.717, 1.165) is 24.3 Å². The molecule has 128 valence electrons. The van der Waals surface area contributed by atoms with Crippen LogP contribution in [0.2, 0.25) is 0 Å². The molecule has 11 heteroatoms. The zero-order valence-electron chi connectivity index (χ0n) is 13.1. The van der Waals surface area contributed by atoms with Gasteiger partial charge in [0.15, 0.2) is 5.82 Å². The first-order valence-corrected chi connectivity index (χ1v) is 8.08. The molecule has 0 aliphatic rings. The van der Waals surface area contributed by atoms with Gasteiger partial charge in [-0.1, -0.05) is 0 Å². The van der Waals surface area contributed by atoms with Gasteiger partial charge in [0.1, 0.15) is 5.69 Å². The van der Waals surface area contributed by atoms with E-state index in [9.17, 15) is 18.5 Å². The van der Waals surface area contributed by atoms with Crippen LogP contribution in [0.4, 0.5) is 17.2 Å². The van der Waals surface area contributed by atoms with Crippen LogP contribution in [0, 0.1) is 10.1 Å². The number of aromatic nitrogens is 2. The molecule has 0 fully saturated rings. The van der Waals surface area contributed by atoms with E-state index >= 15 is 0 Å². The summed E-state index contributed by atoms with van der Waals surface area (Å²) < 4.78 is 32.1. The zero-order valence-corrected chi connectivity index (χ0v) is 13.9. The smallest absolute Gasteiger partial charge is 0.318 e. The molecule has 0 unspecified atom stereocenters. The van der Waals surface area contributed by atoms with Crippen molar-refractivity contribution in [2.45, 2.75) is 4.90 Å². The van der Waals surface area contributed by atoms with Crippen molar-refractivity contribution in [2.24, 2.45) is 0 Å². The number of ether oxygens (including phenoxy) is 1. The highest BCUT2D eigenvalue weighted by atomic mass is 32.2. The maximum Gasteiger partial charge on any atom is 0.318 e. The summed E-state index contributed by atoms with van der Waals surface area (Å²) in [5, 5.41) is 10.6. The summed E-state index contributed by atoms with van der Waals surface area (Å²) in [4.78, 5) is 19.5. The lowest BCUT2D eigenvalue weighted by Gasteiger charge is -2.17. The molecule has 2 rings (SSSR count). The second-order valence-electron chi connectivity index (χ2n) is 4.84. The lowest BCUT2D eigenvalue weighted by Crippen LogP contribution is -2.19. The maximum atomic E-state index is 12.4. The SMILES string of the molecule is COc1ncc(NS(=O)(=O)c2ccc([N+](=O)[O-])cc2)c(N(C)C)n1. The fourth-order valence-electron chi connectivity index (χ4n) is 1.82. The van der Waals surface area contributed by atoms with Crippen LogP contribution in [0.3, 0.4) is 0 Å². The number of hydrogen-bond acceptors (Lipinski definition) is 8. The van der Waals surface area contributed by atoms with E-state index in [1.165, 1.54) is 13.3 Å². The molecule has 1 N–H and O–H groups in total. The number of nitro groups is 1.